The van der Waals surface area contributed by atoms with Gasteiger partial charge in [0, 0.05) is 12.1 Å². The number of nitrogens with two attached hydrogens (primary N) is 1. The van der Waals surface area contributed by atoms with Crippen LogP contribution >= 0.6 is 0 Å². The molecule has 0 saturated carbocycles. The summed E-state index contributed by atoms with van der Waals surface area (Å²) in [5.74, 6) is 0. The van der Waals surface area contributed by atoms with Crippen molar-refractivity contribution in [2.45, 2.75) is 66.0 Å². The Hall–Kier alpha value is -0.0800. The van der Waals surface area contributed by atoms with Crippen LogP contribution in [0.25, 0.3) is 0 Å². The molecule has 2 N–H and O–H groups in total. The van der Waals surface area contributed by atoms with E-state index >= 15 is 0 Å². The van der Waals surface area contributed by atoms with E-state index in [1.165, 1.54) is 6.42 Å². The Balaban J connectivity index is 3.88. The minimum absolute atomic E-state index is 0.351. The van der Waals surface area contributed by atoms with Crippen molar-refractivity contribution in [3.63, 3.8) is 0 Å². The summed E-state index contributed by atoms with van der Waals surface area (Å²) in [6.45, 7) is 12.5. The summed E-state index contributed by atoms with van der Waals surface area (Å²) >= 11 is 0. The first-order valence-corrected chi connectivity index (χ1v) is 6.24. The summed E-state index contributed by atoms with van der Waals surface area (Å²) in [7, 11) is 2.20. The monoisotopic (exact) mass is 214 g/mol. The van der Waals surface area contributed by atoms with E-state index in [4.69, 9.17) is 5.73 Å². The SMILES string of the molecule is CCCC(N)CCN(C)C(C)C(C)(C)C. The van der Waals surface area contributed by atoms with Gasteiger partial charge in [-0.25, -0.2) is 0 Å². The summed E-state index contributed by atoms with van der Waals surface area (Å²) in [6, 6.07) is 0.982. The maximum atomic E-state index is 6.02. The van der Waals surface area contributed by atoms with Gasteiger partial charge in [0.05, 0.1) is 0 Å². The van der Waals surface area contributed by atoms with Crippen LogP contribution in [0.4, 0.5) is 0 Å². The topological polar surface area (TPSA) is 29.3 Å². The van der Waals surface area contributed by atoms with Gasteiger partial charge in [-0.2, -0.15) is 0 Å². The minimum Gasteiger partial charge on any atom is -0.328 e. The van der Waals surface area contributed by atoms with E-state index in [9.17, 15) is 0 Å². The second kappa shape index (κ2) is 6.49. The maximum absolute atomic E-state index is 6.02. The molecule has 0 aromatic carbocycles. The van der Waals surface area contributed by atoms with Crippen molar-refractivity contribution in [2.24, 2.45) is 11.1 Å². The molecular weight excluding hydrogens is 184 g/mol. The van der Waals surface area contributed by atoms with E-state index < -0.39 is 0 Å². The van der Waals surface area contributed by atoms with Crippen LogP contribution in [-0.2, 0) is 0 Å². The van der Waals surface area contributed by atoms with Gasteiger partial charge in [-0.3, -0.25) is 0 Å². The molecule has 0 saturated heterocycles. The molecule has 2 unspecified atom stereocenters. The van der Waals surface area contributed by atoms with Crippen molar-refractivity contribution in [2.75, 3.05) is 13.6 Å². The van der Waals surface area contributed by atoms with Crippen LogP contribution in [0.3, 0.4) is 0 Å². The molecule has 0 spiro atoms. The van der Waals surface area contributed by atoms with Crippen LogP contribution in [0.2, 0.25) is 0 Å². The molecular formula is C13H30N2. The second-order valence-corrected chi connectivity index (χ2v) is 5.86. The Morgan fingerprint density at radius 3 is 2.13 bits per heavy atom. The van der Waals surface area contributed by atoms with Crippen molar-refractivity contribution in [3.8, 4) is 0 Å². The summed E-state index contributed by atoms with van der Waals surface area (Å²) < 4.78 is 0. The van der Waals surface area contributed by atoms with Crippen LogP contribution in [-0.4, -0.2) is 30.6 Å². The molecule has 15 heavy (non-hydrogen) atoms. The van der Waals surface area contributed by atoms with Crippen LogP contribution in [0.1, 0.15) is 53.9 Å². The molecule has 0 heterocycles. The molecule has 0 aromatic rings. The lowest BCUT2D eigenvalue weighted by Gasteiger charge is -2.35. The van der Waals surface area contributed by atoms with Crippen LogP contribution < -0.4 is 5.73 Å². The highest BCUT2D eigenvalue weighted by Gasteiger charge is 2.23. The van der Waals surface area contributed by atoms with Gasteiger partial charge in [-0.05, 0) is 38.8 Å². The van der Waals surface area contributed by atoms with Crippen molar-refractivity contribution in [1.29, 1.82) is 0 Å². The van der Waals surface area contributed by atoms with E-state index in [2.05, 4.69) is 46.6 Å². The smallest absolute Gasteiger partial charge is 0.0112 e. The number of hydrogen-bond donors (Lipinski definition) is 1. The van der Waals surface area contributed by atoms with Crippen molar-refractivity contribution in [1.82, 2.24) is 4.90 Å². The largest absolute Gasteiger partial charge is 0.328 e. The highest BCUT2D eigenvalue weighted by molar-refractivity contribution is 4.78. The van der Waals surface area contributed by atoms with Gasteiger partial charge >= 0.3 is 0 Å². The Morgan fingerprint density at radius 1 is 1.20 bits per heavy atom. The van der Waals surface area contributed by atoms with Crippen LogP contribution in [0.5, 0.6) is 0 Å². The first-order chi connectivity index (χ1) is 6.79. The molecule has 0 bridgehead atoms. The average molecular weight is 214 g/mol. The third-order valence-corrected chi connectivity index (χ3v) is 3.43. The van der Waals surface area contributed by atoms with Crippen molar-refractivity contribution < 1.29 is 0 Å². The minimum atomic E-state index is 0.351. The Bertz CT molecular complexity index is 160. The zero-order chi connectivity index (χ0) is 12.1. The van der Waals surface area contributed by atoms with E-state index in [1.54, 1.807) is 0 Å². The van der Waals surface area contributed by atoms with E-state index in [0.717, 1.165) is 19.4 Å². The fraction of sp³-hybridized carbons (Fsp3) is 1.00. The number of nitrogens with zero attached hydrogens (tertiary/aromatic N) is 1. The first-order valence-electron chi connectivity index (χ1n) is 6.24. The summed E-state index contributed by atoms with van der Waals surface area (Å²) in [6.07, 6.45) is 3.46. The van der Waals surface area contributed by atoms with Gasteiger partial charge in [-0.15, -0.1) is 0 Å². The standard InChI is InChI=1S/C13H30N2/c1-7-8-12(14)9-10-15(6)11(2)13(3,4)5/h11-12H,7-10,14H2,1-6H3. The zero-order valence-corrected chi connectivity index (χ0v) is 11.5. The molecule has 2 heteroatoms. The summed E-state index contributed by atoms with van der Waals surface area (Å²) in [4.78, 5) is 2.43. The molecule has 0 rings (SSSR count). The Morgan fingerprint density at radius 2 is 1.73 bits per heavy atom. The number of rotatable bonds is 6. The quantitative estimate of drug-likeness (QED) is 0.736. The molecule has 2 atom stereocenters. The highest BCUT2D eigenvalue weighted by atomic mass is 15.1. The average Bonchev–Trinajstić information content (AvgIpc) is 2.12. The third kappa shape index (κ3) is 6.16. The van der Waals surface area contributed by atoms with E-state index in [-0.39, 0.29) is 0 Å². The Kier molecular flexibility index (Phi) is 6.46. The van der Waals surface area contributed by atoms with Crippen molar-refractivity contribution >= 4 is 0 Å². The lowest BCUT2D eigenvalue weighted by Crippen LogP contribution is -2.41. The van der Waals surface area contributed by atoms with Gasteiger partial charge in [0.25, 0.3) is 0 Å². The van der Waals surface area contributed by atoms with Gasteiger partial charge in [-0.1, -0.05) is 34.1 Å². The maximum Gasteiger partial charge on any atom is 0.0112 e. The summed E-state index contributed by atoms with van der Waals surface area (Å²) in [5.41, 5.74) is 6.37. The fourth-order valence-electron chi connectivity index (χ4n) is 1.74. The van der Waals surface area contributed by atoms with Gasteiger partial charge in [0.1, 0.15) is 0 Å². The van der Waals surface area contributed by atoms with E-state index in [0.29, 0.717) is 17.5 Å². The fourth-order valence-corrected chi connectivity index (χ4v) is 1.74. The van der Waals surface area contributed by atoms with Crippen LogP contribution in [0.15, 0.2) is 0 Å². The van der Waals surface area contributed by atoms with Crippen LogP contribution in [0, 0.1) is 5.41 Å². The highest BCUT2D eigenvalue weighted by Crippen LogP contribution is 2.23. The lowest BCUT2D eigenvalue weighted by molar-refractivity contribution is 0.137. The predicted molar refractivity (Wildman–Crippen MR) is 69.0 cm³/mol. The summed E-state index contributed by atoms with van der Waals surface area (Å²) in [5, 5.41) is 0. The van der Waals surface area contributed by atoms with Gasteiger partial charge in [0.15, 0.2) is 0 Å². The zero-order valence-electron chi connectivity index (χ0n) is 11.5. The normalized spacial score (nSPS) is 16.8. The molecule has 0 aromatic heterocycles. The van der Waals surface area contributed by atoms with Gasteiger partial charge < -0.3 is 10.6 Å². The second-order valence-electron chi connectivity index (χ2n) is 5.86. The predicted octanol–water partition coefficient (Wildman–Crippen LogP) is 2.87. The molecule has 92 valence electrons. The van der Waals surface area contributed by atoms with E-state index in [1.807, 2.05) is 0 Å². The molecule has 0 fully saturated rings. The third-order valence-electron chi connectivity index (χ3n) is 3.43. The molecule has 0 aliphatic heterocycles. The molecule has 0 radical (unpaired) electrons. The van der Waals surface area contributed by atoms with Crippen molar-refractivity contribution in [3.05, 3.63) is 0 Å². The molecule has 2 nitrogen and oxygen atoms in total. The molecule has 0 aliphatic carbocycles. The Labute approximate surface area is 96.2 Å². The number of hydrogen-bond acceptors (Lipinski definition) is 2. The molecule has 0 aliphatic rings. The lowest BCUT2D eigenvalue weighted by atomic mass is 9.87. The first kappa shape index (κ1) is 14.9. The van der Waals surface area contributed by atoms with Gasteiger partial charge in [0.2, 0.25) is 0 Å². The molecule has 0 amide bonds.